The molecule has 364 valence electrons. The van der Waals surface area contributed by atoms with Gasteiger partial charge in [0.25, 0.3) is 0 Å². The molecule has 2 atom stereocenters. The lowest BCUT2D eigenvalue weighted by Gasteiger charge is -2.19. The van der Waals surface area contributed by atoms with Crippen molar-refractivity contribution in [2.75, 3.05) is 26.4 Å². The van der Waals surface area contributed by atoms with Crippen LogP contribution in [0.5, 0.6) is 0 Å². The lowest BCUT2D eigenvalue weighted by Crippen LogP contribution is -2.29. The monoisotopic (exact) mass is 896 g/mol. The summed E-state index contributed by atoms with van der Waals surface area (Å²) in [6.07, 6.45) is 56.1. The van der Waals surface area contributed by atoms with Crippen LogP contribution in [-0.4, -0.2) is 49.3 Å². The highest BCUT2D eigenvalue weighted by atomic mass is 31.2. The normalized spacial score (nSPS) is 13.4. The molecular weight excluding hydrogens is 798 g/mol. The van der Waals surface area contributed by atoms with E-state index in [4.69, 9.17) is 24.3 Å². The molecule has 0 aromatic heterocycles. The Kier molecular flexibility index (Phi) is 47.3. The third kappa shape index (κ3) is 47.7. The number of allylic oxidation sites excluding steroid dienone is 6. The van der Waals surface area contributed by atoms with E-state index in [2.05, 4.69) is 50.3 Å². The van der Waals surface area contributed by atoms with Gasteiger partial charge in [-0.2, -0.15) is 0 Å². The summed E-state index contributed by atoms with van der Waals surface area (Å²) < 4.78 is 32.9. The van der Waals surface area contributed by atoms with Gasteiger partial charge in [-0.1, -0.05) is 204 Å². The van der Waals surface area contributed by atoms with Gasteiger partial charge in [0, 0.05) is 19.4 Å². The minimum Gasteiger partial charge on any atom is -0.462 e. The van der Waals surface area contributed by atoms with Crippen LogP contribution in [0.1, 0.15) is 251 Å². The van der Waals surface area contributed by atoms with E-state index in [1.165, 1.54) is 154 Å². The van der Waals surface area contributed by atoms with Gasteiger partial charge in [0.1, 0.15) is 6.61 Å². The first kappa shape index (κ1) is 60.2. The number of rotatable bonds is 49. The fraction of sp³-hybridized carbons (Fsp3) is 0.846. The molecule has 0 amide bonds. The van der Waals surface area contributed by atoms with Gasteiger partial charge in [-0.05, 0) is 70.6 Å². The Bertz CT molecular complexity index is 1110. The van der Waals surface area contributed by atoms with E-state index in [1.54, 1.807) is 0 Å². The highest BCUT2D eigenvalue weighted by Gasteiger charge is 2.26. The Balaban J connectivity index is 4.01. The molecule has 0 spiro atoms. The second-order valence-electron chi connectivity index (χ2n) is 17.4. The summed E-state index contributed by atoms with van der Waals surface area (Å²) >= 11 is 0. The number of phosphoric ester groups is 1. The molecule has 0 fully saturated rings. The predicted molar refractivity (Wildman–Crippen MR) is 261 cm³/mol. The smallest absolute Gasteiger partial charge is 0.462 e. The lowest BCUT2D eigenvalue weighted by atomic mass is 10.0. The van der Waals surface area contributed by atoms with Crippen LogP contribution in [0.15, 0.2) is 36.5 Å². The van der Waals surface area contributed by atoms with Crippen LogP contribution in [0.4, 0.5) is 0 Å². The molecule has 0 saturated carbocycles. The summed E-state index contributed by atoms with van der Waals surface area (Å²) in [5.74, 6) is -0.830. The van der Waals surface area contributed by atoms with Crippen molar-refractivity contribution in [1.29, 1.82) is 0 Å². The Hall–Kier alpha value is -1.77. The Morgan fingerprint density at radius 1 is 0.484 bits per heavy atom. The first-order chi connectivity index (χ1) is 30.3. The number of hydrogen-bond donors (Lipinski definition) is 2. The maximum atomic E-state index is 12.7. The van der Waals surface area contributed by atoms with E-state index in [0.717, 1.165) is 64.2 Å². The largest absolute Gasteiger partial charge is 0.472 e. The lowest BCUT2D eigenvalue weighted by molar-refractivity contribution is -0.161. The number of carbonyl (C=O) groups excluding carboxylic acids is 2. The van der Waals surface area contributed by atoms with Crippen molar-refractivity contribution < 1.29 is 37.6 Å². The Morgan fingerprint density at radius 3 is 1.24 bits per heavy atom. The molecule has 0 aliphatic rings. The van der Waals surface area contributed by atoms with Gasteiger partial charge in [0.15, 0.2) is 6.10 Å². The predicted octanol–water partition coefficient (Wildman–Crippen LogP) is 15.7. The molecule has 0 aromatic carbocycles. The van der Waals surface area contributed by atoms with Gasteiger partial charge >= 0.3 is 19.8 Å². The van der Waals surface area contributed by atoms with Gasteiger partial charge in [-0.3, -0.25) is 18.6 Å². The minimum atomic E-state index is -4.38. The van der Waals surface area contributed by atoms with E-state index >= 15 is 0 Å². The maximum absolute atomic E-state index is 12.7. The highest BCUT2D eigenvalue weighted by molar-refractivity contribution is 7.47. The van der Waals surface area contributed by atoms with E-state index in [9.17, 15) is 19.0 Å². The Labute approximate surface area is 382 Å². The first-order valence-corrected chi connectivity index (χ1v) is 27.5. The van der Waals surface area contributed by atoms with Gasteiger partial charge in [0.2, 0.25) is 0 Å². The Morgan fingerprint density at radius 2 is 0.839 bits per heavy atom. The minimum absolute atomic E-state index is 0.0527. The molecule has 62 heavy (non-hydrogen) atoms. The molecule has 0 radical (unpaired) electrons. The molecule has 0 rings (SSSR count). The summed E-state index contributed by atoms with van der Waals surface area (Å²) in [6, 6.07) is 0. The standard InChI is InChI=1S/C52H98NO8P/c1-3-5-7-9-11-13-15-17-19-21-22-23-24-25-26-27-28-29-31-33-35-37-39-41-43-45-52(55)61-50(49-60-62(56,57)59-47-46-53)48-58-51(54)44-42-40-38-36-34-32-30-20-18-16-14-12-10-8-6-4-2/h15,17,20-22,30,50H,3-14,16,18-19,23-29,31-49,53H2,1-2H3,(H,56,57)/b17-15-,22-21-,30-20-. The van der Waals surface area contributed by atoms with Crippen molar-refractivity contribution in [3.05, 3.63) is 36.5 Å². The molecule has 0 aliphatic heterocycles. The average molecular weight is 896 g/mol. The molecule has 3 N–H and O–H groups in total. The first-order valence-electron chi connectivity index (χ1n) is 26.0. The molecule has 0 saturated heterocycles. The van der Waals surface area contributed by atoms with Crippen LogP contribution >= 0.6 is 7.82 Å². The third-order valence-electron chi connectivity index (χ3n) is 11.2. The molecule has 0 aromatic rings. The number of nitrogens with two attached hydrogens (primary N) is 1. The van der Waals surface area contributed by atoms with Crippen molar-refractivity contribution in [3.8, 4) is 0 Å². The zero-order valence-electron chi connectivity index (χ0n) is 40.4. The van der Waals surface area contributed by atoms with Crippen molar-refractivity contribution in [2.24, 2.45) is 5.73 Å². The molecule has 0 aliphatic carbocycles. The number of unbranched alkanes of at least 4 members (excludes halogenated alkanes) is 30. The van der Waals surface area contributed by atoms with Crippen molar-refractivity contribution in [3.63, 3.8) is 0 Å². The van der Waals surface area contributed by atoms with Gasteiger partial charge in [0.05, 0.1) is 13.2 Å². The number of esters is 2. The van der Waals surface area contributed by atoms with Crippen LogP contribution in [-0.2, 0) is 32.7 Å². The van der Waals surface area contributed by atoms with Crippen LogP contribution in [0.25, 0.3) is 0 Å². The highest BCUT2D eigenvalue weighted by Crippen LogP contribution is 2.43. The summed E-state index contributed by atoms with van der Waals surface area (Å²) in [6.45, 7) is 3.74. The van der Waals surface area contributed by atoms with E-state index in [-0.39, 0.29) is 38.6 Å². The molecule has 0 heterocycles. The van der Waals surface area contributed by atoms with Crippen LogP contribution < -0.4 is 5.73 Å². The number of ether oxygens (including phenoxy) is 2. The van der Waals surface area contributed by atoms with Crippen LogP contribution in [0, 0.1) is 0 Å². The number of carbonyl (C=O) groups is 2. The SMILES string of the molecule is CCCCCCC/C=C\C/C=C\CCCCCCCCCCCCCCCC(=O)OC(COC(=O)CCCCCCC/C=C\CCCCCCCCC)COP(=O)(O)OCCN. The van der Waals surface area contributed by atoms with Gasteiger partial charge in [-0.15, -0.1) is 0 Å². The van der Waals surface area contributed by atoms with Gasteiger partial charge in [-0.25, -0.2) is 4.57 Å². The van der Waals surface area contributed by atoms with E-state index in [1.807, 2.05) is 0 Å². The second-order valence-corrected chi connectivity index (χ2v) is 18.8. The van der Waals surface area contributed by atoms with Crippen LogP contribution in [0.2, 0.25) is 0 Å². The second kappa shape index (κ2) is 48.7. The molecular formula is C52H98NO8P. The van der Waals surface area contributed by atoms with E-state index in [0.29, 0.717) is 6.42 Å². The number of hydrogen-bond acceptors (Lipinski definition) is 8. The van der Waals surface area contributed by atoms with Crippen molar-refractivity contribution in [2.45, 2.75) is 258 Å². The van der Waals surface area contributed by atoms with Crippen LogP contribution in [0.3, 0.4) is 0 Å². The number of phosphoric acid groups is 1. The zero-order chi connectivity index (χ0) is 45.3. The fourth-order valence-electron chi connectivity index (χ4n) is 7.37. The van der Waals surface area contributed by atoms with E-state index < -0.39 is 26.5 Å². The summed E-state index contributed by atoms with van der Waals surface area (Å²) in [5, 5.41) is 0. The summed E-state index contributed by atoms with van der Waals surface area (Å²) in [5.41, 5.74) is 5.37. The zero-order valence-corrected chi connectivity index (χ0v) is 41.3. The fourth-order valence-corrected chi connectivity index (χ4v) is 8.13. The molecule has 2 unspecified atom stereocenters. The molecule has 10 heteroatoms. The average Bonchev–Trinajstić information content (AvgIpc) is 3.26. The van der Waals surface area contributed by atoms with Crippen molar-refractivity contribution in [1.82, 2.24) is 0 Å². The van der Waals surface area contributed by atoms with Crippen molar-refractivity contribution >= 4 is 19.8 Å². The third-order valence-corrected chi connectivity index (χ3v) is 12.2. The maximum Gasteiger partial charge on any atom is 0.472 e. The van der Waals surface area contributed by atoms with Gasteiger partial charge < -0.3 is 20.1 Å². The molecule has 9 nitrogen and oxygen atoms in total. The quantitative estimate of drug-likeness (QED) is 0.0265. The summed E-state index contributed by atoms with van der Waals surface area (Å²) in [4.78, 5) is 35.0. The molecule has 0 bridgehead atoms. The topological polar surface area (TPSA) is 134 Å². The summed E-state index contributed by atoms with van der Waals surface area (Å²) in [7, 11) is -4.38.